The van der Waals surface area contributed by atoms with Gasteiger partial charge in [0.25, 0.3) is 0 Å². The topological polar surface area (TPSA) is 138 Å². The molecule has 0 bridgehead atoms. The molecule has 3 rings (SSSR count). The van der Waals surface area contributed by atoms with Gasteiger partial charge in [0, 0.05) is 27.8 Å². The molecule has 0 aliphatic carbocycles. The molecule has 182 valence electrons. The van der Waals surface area contributed by atoms with Gasteiger partial charge in [0.2, 0.25) is 5.75 Å². The number of ether oxygens (including phenoxy) is 1. The first-order valence-corrected chi connectivity index (χ1v) is 10.2. The van der Waals surface area contributed by atoms with Crippen LogP contribution >= 0.6 is 0 Å². The Labute approximate surface area is 219 Å². The van der Waals surface area contributed by atoms with Crippen LogP contribution < -0.4 is 4.74 Å². The van der Waals surface area contributed by atoms with Crippen molar-refractivity contribution in [1.82, 2.24) is 0 Å². The first-order valence-electron chi connectivity index (χ1n) is 10.2. The largest absolute Gasteiger partial charge is 0.587 e. The number of carbonyl (C=O) groups excluding carboxylic acids is 2. The summed E-state index contributed by atoms with van der Waals surface area (Å²) in [6.45, 7) is 3.03. The molecule has 0 unspecified atom stereocenters. The van der Waals surface area contributed by atoms with Gasteiger partial charge in [-0.1, -0.05) is 36.4 Å². The van der Waals surface area contributed by atoms with Crippen LogP contribution in [-0.2, 0) is 21.7 Å². The summed E-state index contributed by atoms with van der Waals surface area (Å²) in [6, 6.07) is 23.0. The predicted octanol–water partition coefficient (Wildman–Crippen LogP) is 4.65. The number of hydrogen-bond acceptors (Lipinski definition) is 3. The zero-order chi connectivity index (χ0) is 25.5. The normalized spacial score (nSPS) is 10.4. The summed E-state index contributed by atoms with van der Waals surface area (Å²) in [5.74, 6) is 1.13. The Morgan fingerprint density at radius 2 is 1.11 bits per heavy atom. The molecule has 0 aliphatic rings. The van der Waals surface area contributed by atoms with Crippen LogP contribution in [-0.4, -0.2) is 48.7 Å². The van der Waals surface area contributed by atoms with Crippen LogP contribution in [0, 0.1) is 0 Å². The van der Waals surface area contributed by atoms with Crippen LogP contribution in [0.1, 0.15) is 25.0 Å². The monoisotopic (exact) mass is 516 g/mol. The fraction of sp³-hybridized carbons (Fsp3) is 0.111. The maximum atomic E-state index is 9.37. The van der Waals surface area contributed by atoms with Crippen molar-refractivity contribution >= 4 is 11.6 Å². The summed E-state index contributed by atoms with van der Waals surface area (Å²) in [5, 5.41) is 32.2. The first kappa shape index (κ1) is 31.2. The van der Waals surface area contributed by atoms with Crippen molar-refractivity contribution in [2.24, 2.45) is 0 Å². The smallest absolute Gasteiger partial charge is 0.393 e. The van der Waals surface area contributed by atoms with Gasteiger partial charge in [0.15, 0.2) is 0 Å². The van der Waals surface area contributed by atoms with Crippen LogP contribution in [0.2, 0.25) is 0 Å². The minimum absolute atomic E-state index is 0. The molecule has 8 N–H and O–H groups in total. The number of aliphatic hydroxyl groups is 2. The molecule has 0 heterocycles. The van der Waals surface area contributed by atoms with Crippen molar-refractivity contribution in [3.63, 3.8) is 0 Å². The molecule has 0 aromatic heterocycles. The maximum absolute atomic E-state index is 9.37. The molecule has 0 amide bonds. The van der Waals surface area contributed by atoms with Crippen LogP contribution in [0.4, 0.5) is 0 Å². The molecule has 3 aromatic rings. The quantitative estimate of drug-likeness (QED) is 0.168. The minimum Gasteiger partial charge on any atom is -0.587 e. The van der Waals surface area contributed by atoms with Gasteiger partial charge < -0.3 is 25.2 Å². The van der Waals surface area contributed by atoms with E-state index in [9.17, 15) is 9.59 Å². The maximum Gasteiger partial charge on any atom is 0.393 e. The molecule has 7 nitrogen and oxygen atoms in total. The zero-order valence-corrected chi connectivity index (χ0v) is 21.4. The second kappa shape index (κ2) is 16.8. The van der Waals surface area contributed by atoms with Gasteiger partial charge in [-0.25, -0.2) is 0 Å². The Morgan fingerprint density at radius 3 is 1.43 bits per heavy atom. The Kier molecular flexibility index (Phi) is 14.9. The molecule has 0 saturated heterocycles. The van der Waals surface area contributed by atoms with Crippen LogP contribution in [0.25, 0.3) is 0 Å². The van der Waals surface area contributed by atoms with E-state index in [0.29, 0.717) is 16.9 Å². The second-order valence-electron chi connectivity index (χ2n) is 6.96. The number of ketones is 2. The third-order valence-corrected chi connectivity index (χ3v) is 4.08. The van der Waals surface area contributed by atoms with Gasteiger partial charge >= 0.3 is 23.1 Å². The molecular formula is C27H32O7Ti+4. The van der Waals surface area contributed by atoms with Gasteiger partial charge in [-0.05, 0) is 50.2 Å². The van der Waals surface area contributed by atoms with Gasteiger partial charge in [-0.2, -0.15) is 0 Å². The fourth-order valence-electron chi connectivity index (χ4n) is 2.48. The average molecular weight is 516 g/mol. The van der Waals surface area contributed by atoms with Crippen LogP contribution in [0.3, 0.4) is 0 Å². The second-order valence-corrected chi connectivity index (χ2v) is 6.96. The number of rotatable bonds is 5. The predicted molar refractivity (Wildman–Crippen MR) is 137 cm³/mol. The van der Waals surface area contributed by atoms with Gasteiger partial charge in [0.1, 0.15) is 0 Å². The van der Waals surface area contributed by atoms with Crippen LogP contribution in [0.5, 0.6) is 17.2 Å². The van der Waals surface area contributed by atoms with E-state index in [1.807, 2.05) is 36.4 Å². The SMILES string of the molecule is C/C(O)=C/C(=[OH+])c1ccccc1.C/C(O)=C/C(=[OH+])c1ccccc1.COc1cccc([OH2+])c1[OH2+].[Ti]. The van der Waals surface area contributed by atoms with Crippen molar-refractivity contribution in [2.45, 2.75) is 13.8 Å². The van der Waals surface area contributed by atoms with Crippen molar-refractivity contribution in [3.05, 3.63) is 114 Å². The Morgan fingerprint density at radius 1 is 0.714 bits per heavy atom. The number of benzene rings is 3. The molecule has 35 heavy (non-hydrogen) atoms. The Hall–Kier alpha value is -3.81. The number of para-hydroxylation sites is 1. The van der Waals surface area contributed by atoms with E-state index in [-0.39, 0.29) is 56.3 Å². The standard InChI is InChI=1S/2C10H10O2.C7H8O3.Ti/c2*1-8(11)7-10(12)9-5-3-2-4-6-9;1-10-6-4-2-3-5(8)7(6)9;/h2*2-7,11H,1H3;2-4,8-9H,1H3;/p+4/b2*8-7-;;. The van der Waals surface area contributed by atoms with Crippen molar-refractivity contribution in [1.29, 1.82) is 0 Å². The number of hydrogen-bond donors (Lipinski definition) is 2. The summed E-state index contributed by atoms with van der Waals surface area (Å²) >= 11 is 0. The summed E-state index contributed by atoms with van der Waals surface area (Å²) in [7, 11) is 1.49. The number of methoxy groups -OCH3 is 1. The molecule has 3 aromatic carbocycles. The van der Waals surface area contributed by atoms with Crippen LogP contribution in [0.15, 0.2) is 103 Å². The van der Waals surface area contributed by atoms with Gasteiger partial charge in [-0.15, -0.1) is 0 Å². The van der Waals surface area contributed by atoms with Crippen molar-refractivity contribution in [3.8, 4) is 17.2 Å². The molecule has 0 saturated carbocycles. The first-order chi connectivity index (χ1) is 16.1. The van der Waals surface area contributed by atoms with E-state index in [1.54, 1.807) is 42.5 Å². The summed E-state index contributed by atoms with van der Waals surface area (Å²) in [5.41, 5.74) is 1.40. The fourth-order valence-corrected chi connectivity index (χ4v) is 2.48. The van der Waals surface area contributed by atoms with Gasteiger partial charge in [0.05, 0.1) is 41.9 Å². The molecule has 0 aliphatic heterocycles. The van der Waals surface area contributed by atoms with Crippen molar-refractivity contribution < 1.29 is 56.5 Å². The van der Waals surface area contributed by atoms with E-state index in [2.05, 4.69) is 0 Å². The molecule has 0 atom stereocenters. The number of allylic oxidation sites excluding steroid dienone is 4. The summed E-state index contributed by atoms with van der Waals surface area (Å²) in [4.78, 5) is 18.7. The zero-order valence-electron chi connectivity index (χ0n) is 19.9. The third kappa shape index (κ3) is 12.3. The summed E-state index contributed by atoms with van der Waals surface area (Å²) < 4.78 is 4.82. The van der Waals surface area contributed by atoms with Gasteiger partial charge in [-0.3, -0.25) is 9.59 Å². The molecule has 8 heteroatoms. The number of aliphatic hydroxyl groups excluding tert-OH is 2. The minimum atomic E-state index is 0. The van der Waals surface area contributed by atoms with E-state index in [0.717, 1.165) is 0 Å². The van der Waals surface area contributed by atoms with E-state index in [1.165, 1.54) is 33.1 Å². The molecule has 0 fully saturated rings. The van der Waals surface area contributed by atoms with E-state index >= 15 is 0 Å². The van der Waals surface area contributed by atoms with E-state index < -0.39 is 0 Å². The third-order valence-electron chi connectivity index (χ3n) is 4.08. The summed E-state index contributed by atoms with van der Waals surface area (Å²) in [6.07, 6.45) is 2.63. The molecule has 0 spiro atoms. The Bertz CT molecular complexity index is 1050. The average Bonchev–Trinajstić information content (AvgIpc) is 2.82. The van der Waals surface area contributed by atoms with E-state index in [4.69, 9.17) is 25.2 Å². The molecular weight excluding hydrogens is 484 g/mol. The Balaban J connectivity index is 0.000000491. The van der Waals surface area contributed by atoms with Crippen molar-refractivity contribution in [2.75, 3.05) is 7.11 Å². The molecule has 0 radical (unpaired) electrons.